The van der Waals surface area contributed by atoms with Gasteiger partial charge >= 0.3 is 0 Å². The van der Waals surface area contributed by atoms with Crippen LogP contribution in [0.3, 0.4) is 0 Å². The molecular formula is C19H27Cl2N3O3. The predicted molar refractivity (Wildman–Crippen MR) is 108 cm³/mol. The van der Waals surface area contributed by atoms with Crippen LogP contribution in [0.1, 0.15) is 25.3 Å². The molecule has 27 heavy (non-hydrogen) atoms. The number of halogens is 2. The summed E-state index contributed by atoms with van der Waals surface area (Å²) < 4.78 is 5.83. The SMILES string of the molecule is Cc1cc(OC(C)C(=O)N2CCCC(N3CCNCC3=O)C2)ccc1Cl.Cl. The Kier molecular flexibility index (Phi) is 7.77. The molecule has 1 N–H and O–H groups in total. The van der Waals surface area contributed by atoms with Gasteiger partial charge in [-0.1, -0.05) is 11.6 Å². The number of piperazine rings is 1. The molecule has 2 fully saturated rings. The van der Waals surface area contributed by atoms with Gasteiger partial charge in [0.15, 0.2) is 6.10 Å². The number of rotatable bonds is 4. The van der Waals surface area contributed by atoms with Crippen molar-refractivity contribution < 1.29 is 14.3 Å². The Balaban J connectivity index is 0.00000261. The number of hydrogen-bond acceptors (Lipinski definition) is 4. The highest BCUT2D eigenvalue weighted by atomic mass is 35.5. The first-order valence-electron chi connectivity index (χ1n) is 9.17. The van der Waals surface area contributed by atoms with Crippen LogP contribution < -0.4 is 10.1 Å². The van der Waals surface area contributed by atoms with Crippen LogP contribution in [0.2, 0.25) is 5.02 Å². The summed E-state index contributed by atoms with van der Waals surface area (Å²) in [4.78, 5) is 28.7. The second-order valence-electron chi connectivity index (χ2n) is 7.02. The van der Waals surface area contributed by atoms with Crippen LogP contribution in [0, 0.1) is 6.92 Å². The minimum Gasteiger partial charge on any atom is -0.481 e. The largest absolute Gasteiger partial charge is 0.481 e. The summed E-state index contributed by atoms with van der Waals surface area (Å²) in [5.74, 6) is 0.722. The average molecular weight is 416 g/mol. The lowest BCUT2D eigenvalue weighted by atomic mass is 10.0. The monoisotopic (exact) mass is 415 g/mol. The molecular weight excluding hydrogens is 389 g/mol. The highest BCUT2D eigenvalue weighted by Gasteiger charge is 2.33. The van der Waals surface area contributed by atoms with Crippen molar-refractivity contribution in [1.29, 1.82) is 0 Å². The Morgan fingerprint density at radius 1 is 1.37 bits per heavy atom. The predicted octanol–water partition coefficient (Wildman–Crippen LogP) is 2.26. The van der Waals surface area contributed by atoms with E-state index in [0.29, 0.717) is 37.0 Å². The quantitative estimate of drug-likeness (QED) is 0.818. The lowest BCUT2D eigenvalue weighted by Crippen LogP contribution is -2.58. The second-order valence-corrected chi connectivity index (χ2v) is 7.42. The Morgan fingerprint density at radius 3 is 2.85 bits per heavy atom. The third kappa shape index (κ3) is 5.27. The maximum Gasteiger partial charge on any atom is 0.263 e. The van der Waals surface area contributed by atoms with Gasteiger partial charge in [0.05, 0.1) is 6.54 Å². The number of amides is 2. The molecule has 2 aliphatic heterocycles. The van der Waals surface area contributed by atoms with Crippen molar-refractivity contribution in [3.63, 3.8) is 0 Å². The molecule has 2 atom stereocenters. The molecule has 2 heterocycles. The maximum atomic E-state index is 12.8. The zero-order valence-electron chi connectivity index (χ0n) is 15.7. The van der Waals surface area contributed by atoms with E-state index >= 15 is 0 Å². The molecule has 150 valence electrons. The summed E-state index contributed by atoms with van der Waals surface area (Å²) >= 11 is 6.04. The smallest absolute Gasteiger partial charge is 0.263 e. The number of nitrogens with zero attached hydrogens (tertiary/aromatic N) is 2. The standard InChI is InChI=1S/C19H26ClN3O3.ClH/c1-13-10-16(5-6-17(13)20)26-14(2)19(25)22-8-3-4-15(12-22)23-9-7-21-11-18(23)24;/h5-6,10,14-15,21H,3-4,7-9,11-12H2,1-2H3;1H. The molecule has 2 aliphatic rings. The molecule has 0 aliphatic carbocycles. The molecule has 2 amide bonds. The summed E-state index contributed by atoms with van der Waals surface area (Å²) in [6.45, 7) is 6.88. The van der Waals surface area contributed by atoms with E-state index in [-0.39, 0.29) is 30.3 Å². The van der Waals surface area contributed by atoms with E-state index < -0.39 is 6.10 Å². The molecule has 0 saturated carbocycles. The number of piperidine rings is 1. The molecule has 0 aromatic heterocycles. The number of likely N-dealkylation sites (tertiary alicyclic amines) is 1. The number of benzene rings is 1. The molecule has 1 aromatic rings. The topological polar surface area (TPSA) is 61.9 Å². The average Bonchev–Trinajstić information content (AvgIpc) is 2.64. The minimum absolute atomic E-state index is 0. The van der Waals surface area contributed by atoms with Crippen LogP contribution in [0.15, 0.2) is 18.2 Å². The summed E-state index contributed by atoms with van der Waals surface area (Å²) in [5.41, 5.74) is 0.916. The zero-order valence-corrected chi connectivity index (χ0v) is 17.3. The number of carbonyl (C=O) groups is 2. The van der Waals surface area contributed by atoms with Gasteiger partial charge in [0, 0.05) is 37.2 Å². The maximum absolute atomic E-state index is 12.8. The Hall–Kier alpha value is -1.50. The van der Waals surface area contributed by atoms with Gasteiger partial charge in [0.2, 0.25) is 5.91 Å². The van der Waals surface area contributed by atoms with E-state index in [1.54, 1.807) is 19.1 Å². The van der Waals surface area contributed by atoms with E-state index in [1.165, 1.54) is 0 Å². The van der Waals surface area contributed by atoms with E-state index in [1.807, 2.05) is 22.8 Å². The zero-order chi connectivity index (χ0) is 18.7. The lowest BCUT2D eigenvalue weighted by Gasteiger charge is -2.41. The van der Waals surface area contributed by atoms with Gasteiger partial charge in [-0.2, -0.15) is 0 Å². The van der Waals surface area contributed by atoms with Crippen molar-refractivity contribution in [2.75, 3.05) is 32.7 Å². The van der Waals surface area contributed by atoms with Crippen LogP contribution in [0.5, 0.6) is 5.75 Å². The third-order valence-electron chi connectivity index (χ3n) is 5.07. The fourth-order valence-electron chi connectivity index (χ4n) is 3.62. The van der Waals surface area contributed by atoms with Gasteiger partial charge in [-0.3, -0.25) is 9.59 Å². The minimum atomic E-state index is -0.576. The van der Waals surface area contributed by atoms with Crippen LogP contribution in [0.25, 0.3) is 0 Å². The second kappa shape index (κ2) is 9.62. The van der Waals surface area contributed by atoms with Crippen molar-refractivity contribution in [3.05, 3.63) is 28.8 Å². The molecule has 8 heteroatoms. The van der Waals surface area contributed by atoms with Crippen molar-refractivity contribution in [1.82, 2.24) is 15.1 Å². The number of carbonyl (C=O) groups excluding carboxylic acids is 2. The number of nitrogens with one attached hydrogen (secondary N) is 1. The first-order chi connectivity index (χ1) is 12.5. The van der Waals surface area contributed by atoms with Crippen molar-refractivity contribution in [2.45, 2.75) is 38.8 Å². The van der Waals surface area contributed by atoms with Gasteiger partial charge in [-0.25, -0.2) is 0 Å². The Labute approximate surface area is 171 Å². The Bertz CT molecular complexity index is 686. The molecule has 2 saturated heterocycles. The van der Waals surface area contributed by atoms with Gasteiger partial charge in [0.25, 0.3) is 5.91 Å². The third-order valence-corrected chi connectivity index (χ3v) is 5.49. The van der Waals surface area contributed by atoms with Crippen molar-refractivity contribution in [2.24, 2.45) is 0 Å². The normalized spacial score (nSPS) is 21.4. The van der Waals surface area contributed by atoms with Gasteiger partial charge in [-0.05, 0) is 50.5 Å². The summed E-state index contributed by atoms with van der Waals surface area (Å²) in [6.07, 6.45) is 1.27. The molecule has 0 bridgehead atoms. The van der Waals surface area contributed by atoms with Crippen molar-refractivity contribution in [3.8, 4) is 5.75 Å². The molecule has 0 spiro atoms. The lowest BCUT2D eigenvalue weighted by molar-refractivity contribution is -0.144. The number of ether oxygens (including phenoxy) is 1. The van der Waals surface area contributed by atoms with Crippen LogP contribution in [0.4, 0.5) is 0 Å². The summed E-state index contributed by atoms with van der Waals surface area (Å²) in [6, 6.07) is 5.49. The molecule has 6 nitrogen and oxygen atoms in total. The van der Waals surface area contributed by atoms with Crippen LogP contribution in [-0.2, 0) is 9.59 Å². The number of hydrogen-bond donors (Lipinski definition) is 1. The van der Waals surface area contributed by atoms with Crippen LogP contribution in [-0.4, -0.2) is 66.5 Å². The highest BCUT2D eigenvalue weighted by Crippen LogP contribution is 2.23. The summed E-state index contributed by atoms with van der Waals surface area (Å²) in [7, 11) is 0. The van der Waals surface area contributed by atoms with Crippen LogP contribution >= 0.6 is 24.0 Å². The Morgan fingerprint density at radius 2 is 2.15 bits per heavy atom. The van der Waals surface area contributed by atoms with Gasteiger partial charge in [-0.15, -0.1) is 12.4 Å². The summed E-state index contributed by atoms with van der Waals surface area (Å²) in [5, 5.41) is 3.77. The van der Waals surface area contributed by atoms with E-state index in [0.717, 1.165) is 24.9 Å². The first-order valence-corrected chi connectivity index (χ1v) is 9.55. The van der Waals surface area contributed by atoms with Gasteiger partial charge in [0.1, 0.15) is 5.75 Å². The molecule has 0 radical (unpaired) electrons. The molecule has 3 rings (SSSR count). The van der Waals surface area contributed by atoms with E-state index in [9.17, 15) is 9.59 Å². The van der Waals surface area contributed by atoms with E-state index in [4.69, 9.17) is 16.3 Å². The highest BCUT2D eigenvalue weighted by molar-refractivity contribution is 6.31. The number of aryl methyl sites for hydroxylation is 1. The first kappa shape index (κ1) is 21.8. The fourth-order valence-corrected chi connectivity index (χ4v) is 3.74. The fraction of sp³-hybridized carbons (Fsp3) is 0.579. The van der Waals surface area contributed by atoms with Gasteiger partial charge < -0.3 is 19.9 Å². The van der Waals surface area contributed by atoms with Crippen molar-refractivity contribution >= 4 is 35.8 Å². The van der Waals surface area contributed by atoms with E-state index in [2.05, 4.69) is 5.32 Å². The molecule has 2 unspecified atom stereocenters. The molecule has 1 aromatic carbocycles.